The van der Waals surface area contributed by atoms with Crippen LogP contribution < -0.4 is 21.4 Å². The number of carbonyl (C=O) groups is 1. The van der Waals surface area contributed by atoms with Crippen LogP contribution in [-0.4, -0.2) is 11.6 Å². The summed E-state index contributed by atoms with van der Waals surface area (Å²) in [6.07, 6.45) is 1.91. The molecule has 0 saturated heterocycles. The second-order valence-electron chi connectivity index (χ2n) is 5.26. The van der Waals surface area contributed by atoms with E-state index in [0.717, 1.165) is 22.7 Å². The first kappa shape index (κ1) is 14.6. The fraction of sp³-hybridized carbons (Fsp3) is 0.0588. The second-order valence-corrected chi connectivity index (χ2v) is 5.26. The van der Waals surface area contributed by atoms with Crippen molar-refractivity contribution in [2.75, 3.05) is 5.32 Å². The van der Waals surface area contributed by atoms with Gasteiger partial charge in [0.05, 0.1) is 5.70 Å². The van der Waals surface area contributed by atoms with E-state index < -0.39 is 0 Å². The van der Waals surface area contributed by atoms with Crippen molar-refractivity contribution in [3.8, 4) is 0 Å². The van der Waals surface area contributed by atoms with Gasteiger partial charge in [0.25, 0.3) is 5.91 Å². The Morgan fingerprint density at radius 1 is 1.17 bits per heavy atom. The molecular formula is C17H17N5O. The van der Waals surface area contributed by atoms with Crippen molar-refractivity contribution in [3.05, 3.63) is 78.6 Å². The lowest BCUT2D eigenvalue weighted by Crippen LogP contribution is -2.35. The van der Waals surface area contributed by atoms with Gasteiger partial charge >= 0.3 is 0 Å². The average Bonchev–Trinajstić information content (AvgIpc) is 2.79. The molecule has 2 aliphatic heterocycles. The minimum absolute atomic E-state index is 0.204. The van der Waals surface area contributed by atoms with Crippen molar-refractivity contribution in [2.45, 2.75) is 6.42 Å². The summed E-state index contributed by atoms with van der Waals surface area (Å²) in [6, 6.07) is 7.85. The van der Waals surface area contributed by atoms with Crippen LogP contribution in [0.1, 0.15) is 12.0 Å². The van der Waals surface area contributed by atoms with Crippen LogP contribution in [0.3, 0.4) is 0 Å². The van der Waals surface area contributed by atoms with Crippen molar-refractivity contribution >= 4 is 17.3 Å². The van der Waals surface area contributed by atoms with Gasteiger partial charge in [-0.2, -0.15) is 5.10 Å². The van der Waals surface area contributed by atoms with Gasteiger partial charge in [-0.3, -0.25) is 10.2 Å². The molecule has 0 aliphatic carbocycles. The maximum absolute atomic E-state index is 11.4. The molecule has 0 atom stereocenters. The molecule has 0 saturated carbocycles. The van der Waals surface area contributed by atoms with E-state index in [1.54, 1.807) is 0 Å². The number of nitrogens with zero attached hydrogens (tertiary/aromatic N) is 1. The van der Waals surface area contributed by atoms with Crippen LogP contribution in [0.5, 0.6) is 0 Å². The van der Waals surface area contributed by atoms with Gasteiger partial charge in [0.1, 0.15) is 11.5 Å². The number of benzene rings is 1. The zero-order valence-electron chi connectivity index (χ0n) is 12.6. The van der Waals surface area contributed by atoms with E-state index >= 15 is 0 Å². The van der Waals surface area contributed by atoms with Gasteiger partial charge < -0.3 is 16.0 Å². The zero-order chi connectivity index (χ0) is 16.4. The number of hydrogen-bond acceptors (Lipinski definition) is 5. The van der Waals surface area contributed by atoms with Gasteiger partial charge in [-0.15, -0.1) is 0 Å². The number of anilines is 1. The summed E-state index contributed by atoms with van der Waals surface area (Å²) in [7, 11) is 0. The van der Waals surface area contributed by atoms with E-state index in [1.807, 2.05) is 24.3 Å². The summed E-state index contributed by atoms with van der Waals surface area (Å²) in [5.74, 6) is 0.249. The molecule has 2 heterocycles. The van der Waals surface area contributed by atoms with E-state index in [2.05, 4.69) is 46.2 Å². The van der Waals surface area contributed by atoms with E-state index in [9.17, 15) is 4.79 Å². The molecule has 2 aliphatic rings. The Morgan fingerprint density at radius 3 is 2.74 bits per heavy atom. The quantitative estimate of drug-likeness (QED) is 0.641. The summed E-state index contributed by atoms with van der Waals surface area (Å²) in [5.41, 5.74) is 7.72. The number of rotatable bonds is 4. The molecule has 6 nitrogen and oxygen atoms in total. The minimum Gasteiger partial charge on any atom is -0.354 e. The molecule has 1 aromatic carbocycles. The average molecular weight is 307 g/mol. The Hall–Kier alpha value is -3.28. The fourth-order valence-electron chi connectivity index (χ4n) is 2.41. The van der Waals surface area contributed by atoms with Crippen LogP contribution >= 0.6 is 0 Å². The highest BCUT2D eigenvalue weighted by Crippen LogP contribution is 2.27. The Morgan fingerprint density at radius 2 is 1.96 bits per heavy atom. The standard InChI is InChI=1S/C17H17N5O/c1-10(8-13-9-16(23)20-12(3)19-13)21-22-17-11(2)18-15-7-5-4-6-14(15)17/h4-7,9,18-19,21H,1-3,8H2,(H,20,23)/b22-17+. The van der Waals surface area contributed by atoms with Crippen molar-refractivity contribution in [3.63, 3.8) is 0 Å². The topological polar surface area (TPSA) is 77.6 Å². The summed E-state index contributed by atoms with van der Waals surface area (Å²) in [4.78, 5) is 11.4. The minimum atomic E-state index is -0.204. The van der Waals surface area contributed by atoms with Crippen molar-refractivity contribution in [1.29, 1.82) is 0 Å². The number of nitrogens with one attached hydrogen (secondary N) is 4. The lowest BCUT2D eigenvalue weighted by Gasteiger charge is -2.19. The first-order valence-corrected chi connectivity index (χ1v) is 7.07. The largest absolute Gasteiger partial charge is 0.354 e. The third kappa shape index (κ3) is 3.16. The lowest BCUT2D eigenvalue weighted by molar-refractivity contribution is -0.116. The number of hydrazone groups is 1. The maximum Gasteiger partial charge on any atom is 0.251 e. The molecule has 0 fully saturated rings. The van der Waals surface area contributed by atoms with E-state index in [0.29, 0.717) is 23.6 Å². The SMILES string of the molecule is C=C(CC1=CC(=O)NC(=C)N1)N/N=C1\C(=C)Nc2ccccc21. The molecule has 0 aromatic heterocycles. The van der Waals surface area contributed by atoms with Crippen LogP contribution in [0.4, 0.5) is 5.69 Å². The first-order chi connectivity index (χ1) is 11.0. The number of carbonyl (C=O) groups excluding carboxylic acids is 1. The predicted octanol–water partition coefficient (Wildman–Crippen LogP) is 1.90. The molecule has 0 spiro atoms. The number of para-hydroxylation sites is 1. The second kappa shape index (κ2) is 5.84. The fourth-order valence-corrected chi connectivity index (χ4v) is 2.41. The van der Waals surface area contributed by atoms with Crippen LogP contribution in [-0.2, 0) is 4.79 Å². The molecule has 0 radical (unpaired) electrons. The summed E-state index contributed by atoms with van der Waals surface area (Å²) >= 11 is 0. The van der Waals surface area contributed by atoms with E-state index in [-0.39, 0.29) is 5.91 Å². The third-order valence-corrected chi connectivity index (χ3v) is 3.37. The Bertz CT molecular complexity index is 788. The highest BCUT2D eigenvalue weighted by molar-refractivity contribution is 6.21. The molecule has 6 heteroatoms. The van der Waals surface area contributed by atoms with Gasteiger partial charge in [0, 0.05) is 35.1 Å². The Balaban J connectivity index is 1.68. The van der Waals surface area contributed by atoms with Gasteiger partial charge in [0.2, 0.25) is 0 Å². The van der Waals surface area contributed by atoms with Crippen molar-refractivity contribution in [1.82, 2.24) is 16.1 Å². The molecule has 23 heavy (non-hydrogen) atoms. The molecule has 116 valence electrons. The van der Waals surface area contributed by atoms with Crippen molar-refractivity contribution < 1.29 is 4.79 Å². The highest BCUT2D eigenvalue weighted by atomic mass is 16.1. The normalized spacial score (nSPS) is 17.8. The van der Waals surface area contributed by atoms with Crippen LogP contribution in [0, 0.1) is 0 Å². The van der Waals surface area contributed by atoms with E-state index in [4.69, 9.17) is 0 Å². The monoisotopic (exact) mass is 307 g/mol. The number of hydrogen-bond donors (Lipinski definition) is 4. The summed E-state index contributed by atoms with van der Waals surface area (Å²) in [6.45, 7) is 11.6. The summed E-state index contributed by atoms with van der Waals surface area (Å²) in [5, 5.41) is 13.1. The molecular weight excluding hydrogens is 290 g/mol. The Kier molecular flexibility index (Phi) is 3.72. The molecule has 1 aromatic rings. The molecule has 0 unspecified atom stereocenters. The Labute approximate surface area is 134 Å². The van der Waals surface area contributed by atoms with Crippen LogP contribution in [0.2, 0.25) is 0 Å². The zero-order valence-corrected chi connectivity index (χ0v) is 12.6. The maximum atomic E-state index is 11.4. The highest BCUT2D eigenvalue weighted by Gasteiger charge is 2.20. The predicted molar refractivity (Wildman–Crippen MR) is 91.1 cm³/mol. The molecule has 4 N–H and O–H groups in total. The third-order valence-electron chi connectivity index (χ3n) is 3.37. The van der Waals surface area contributed by atoms with Gasteiger partial charge in [-0.05, 0) is 6.07 Å². The lowest BCUT2D eigenvalue weighted by atomic mass is 10.1. The van der Waals surface area contributed by atoms with Crippen LogP contribution in [0.15, 0.2) is 78.1 Å². The number of fused-ring (bicyclic) bond motifs is 1. The molecule has 3 rings (SSSR count). The van der Waals surface area contributed by atoms with E-state index in [1.165, 1.54) is 6.08 Å². The smallest absolute Gasteiger partial charge is 0.251 e. The molecule has 0 bridgehead atoms. The van der Waals surface area contributed by atoms with Crippen molar-refractivity contribution in [2.24, 2.45) is 5.10 Å². The van der Waals surface area contributed by atoms with Gasteiger partial charge in [-0.1, -0.05) is 37.9 Å². The first-order valence-electron chi connectivity index (χ1n) is 7.07. The van der Waals surface area contributed by atoms with Gasteiger partial charge in [-0.25, -0.2) is 0 Å². The van der Waals surface area contributed by atoms with Crippen LogP contribution in [0.25, 0.3) is 0 Å². The molecule has 1 amide bonds. The number of allylic oxidation sites excluding steroid dienone is 1. The summed E-state index contributed by atoms with van der Waals surface area (Å²) < 4.78 is 0. The number of amides is 1. The van der Waals surface area contributed by atoms with Gasteiger partial charge in [0.15, 0.2) is 0 Å².